The largest absolute Gasteiger partial charge is 0.508 e. The molecule has 50 heavy (non-hydrogen) atoms. The second-order valence-corrected chi connectivity index (χ2v) is 13.8. The standard InChI is InChI=1S/C38H32F4N6O2/c1-2-21-6-3-7-22-14-25(49)15-26(31(21)22)33-32(39)34-27(16-43-33)35(47-17-23-10-11-24(18-47)44-23)46-36(45-34)50-20-37-12-5-13-48(37)19-28-29(37)8-4-9-30(28)38(40,41)42/h1,3-4,6-9,14-16,23-24,44,49H,5,10-13,17-20H2. The van der Waals surface area contributed by atoms with Crippen molar-refractivity contribution in [3.8, 4) is 35.4 Å². The number of fused-ring (bicyclic) bond motifs is 7. The average Bonchev–Trinajstić information content (AvgIpc) is 3.76. The number of halogens is 4. The first-order valence-corrected chi connectivity index (χ1v) is 16.8. The van der Waals surface area contributed by atoms with Crippen LogP contribution in [0.25, 0.3) is 32.9 Å². The molecule has 2 bridgehead atoms. The molecule has 3 fully saturated rings. The summed E-state index contributed by atoms with van der Waals surface area (Å²) in [5.41, 5.74) is 0.235. The second kappa shape index (κ2) is 11.3. The summed E-state index contributed by atoms with van der Waals surface area (Å²) in [5, 5.41) is 15.8. The maximum absolute atomic E-state index is 17.0. The number of anilines is 1. The molecule has 0 radical (unpaired) electrons. The minimum Gasteiger partial charge on any atom is -0.508 e. The molecule has 0 saturated carbocycles. The van der Waals surface area contributed by atoms with Crippen molar-refractivity contribution in [2.24, 2.45) is 0 Å². The Morgan fingerprint density at radius 2 is 1.88 bits per heavy atom. The SMILES string of the molecule is C#Cc1cccc2cc(O)cc(-c3ncc4c(N5CC6CCC(C5)N6)nc(OCC56CCCN5Cc5c(C(F)(F)F)cccc56)nc4c3F)c12. The van der Waals surface area contributed by atoms with Crippen molar-refractivity contribution in [1.29, 1.82) is 0 Å². The van der Waals surface area contributed by atoms with Crippen LogP contribution in [0.15, 0.2) is 54.7 Å². The lowest BCUT2D eigenvalue weighted by Gasteiger charge is -2.35. The fourth-order valence-electron chi connectivity index (χ4n) is 8.75. The van der Waals surface area contributed by atoms with E-state index in [2.05, 4.69) is 26.1 Å². The molecule has 5 aromatic rings. The van der Waals surface area contributed by atoms with Crippen LogP contribution in [0.3, 0.4) is 0 Å². The number of pyridine rings is 1. The van der Waals surface area contributed by atoms with Gasteiger partial charge in [-0.2, -0.15) is 23.1 Å². The molecule has 0 spiro atoms. The van der Waals surface area contributed by atoms with Gasteiger partial charge < -0.3 is 20.1 Å². The summed E-state index contributed by atoms with van der Waals surface area (Å²) in [5.74, 6) is 2.34. The lowest BCUT2D eigenvalue weighted by molar-refractivity contribution is -0.138. The first-order valence-electron chi connectivity index (χ1n) is 16.8. The minimum absolute atomic E-state index is 0.00134. The Hall–Kier alpha value is -4.99. The summed E-state index contributed by atoms with van der Waals surface area (Å²) in [6, 6.07) is 13.1. The molecule has 12 heteroatoms. The number of hydrogen-bond donors (Lipinski definition) is 2. The molecule has 3 unspecified atom stereocenters. The molecule has 9 rings (SSSR count). The highest BCUT2D eigenvalue weighted by Gasteiger charge is 2.51. The smallest absolute Gasteiger partial charge is 0.416 e. The van der Waals surface area contributed by atoms with Crippen LogP contribution in [0.5, 0.6) is 11.8 Å². The van der Waals surface area contributed by atoms with Crippen LogP contribution in [0.2, 0.25) is 0 Å². The lowest BCUT2D eigenvalue weighted by Crippen LogP contribution is -2.51. The van der Waals surface area contributed by atoms with Crippen molar-refractivity contribution >= 4 is 27.5 Å². The zero-order valence-corrected chi connectivity index (χ0v) is 26.9. The van der Waals surface area contributed by atoms with Gasteiger partial charge in [0.1, 0.15) is 29.4 Å². The number of alkyl halides is 3. The molecule has 0 amide bonds. The summed E-state index contributed by atoms with van der Waals surface area (Å²) in [4.78, 5) is 18.2. The first kappa shape index (κ1) is 31.0. The topological polar surface area (TPSA) is 86.6 Å². The number of rotatable bonds is 5. The van der Waals surface area contributed by atoms with E-state index >= 15 is 4.39 Å². The Kier molecular flexibility index (Phi) is 6.99. The third-order valence-corrected chi connectivity index (χ3v) is 10.9. The molecule has 254 valence electrons. The number of aromatic nitrogens is 3. The maximum atomic E-state index is 17.0. The molecule has 4 aliphatic rings. The van der Waals surface area contributed by atoms with Crippen molar-refractivity contribution in [3.63, 3.8) is 0 Å². The van der Waals surface area contributed by atoms with Crippen molar-refractivity contribution in [2.45, 2.75) is 56.0 Å². The van der Waals surface area contributed by atoms with Gasteiger partial charge in [0.15, 0.2) is 5.82 Å². The molecule has 3 atom stereocenters. The van der Waals surface area contributed by atoms with Crippen molar-refractivity contribution in [1.82, 2.24) is 25.2 Å². The Bertz CT molecular complexity index is 2240. The van der Waals surface area contributed by atoms with Gasteiger partial charge in [0, 0.05) is 54.4 Å². The summed E-state index contributed by atoms with van der Waals surface area (Å²) >= 11 is 0. The van der Waals surface area contributed by atoms with Crippen LogP contribution in [0, 0.1) is 18.2 Å². The Morgan fingerprint density at radius 1 is 1.08 bits per heavy atom. The number of nitrogens with one attached hydrogen (secondary N) is 1. The van der Waals surface area contributed by atoms with E-state index in [1.54, 1.807) is 36.5 Å². The maximum Gasteiger partial charge on any atom is 0.416 e. The van der Waals surface area contributed by atoms with Crippen LogP contribution >= 0.6 is 0 Å². The van der Waals surface area contributed by atoms with Gasteiger partial charge in [0.25, 0.3) is 0 Å². The minimum atomic E-state index is -4.47. The number of phenols is 1. The fourth-order valence-corrected chi connectivity index (χ4v) is 8.75. The second-order valence-electron chi connectivity index (χ2n) is 13.8. The van der Waals surface area contributed by atoms with Crippen molar-refractivity contribution in [2.75, 3.05) is 31.1 Å². The van der Waals surface area contributed by atoms with E-state index in [-0.39, 0.29) is 53.8 Å². The molecule has 3 aromatic carbocycles. The Labute approximate surface area is 285 Å². The van der Waals surface area contributed by atoms with Crippen LogP contribution in [-0.4, -0.2) is 63.3 Å². The van der Waals surface area contributed by atoms with E-state index in [9.17, 15) is 18.3 Å². The molecular weight excluding hydrogens is 648 g/mol. The highest BCUT2D eigenvalue weighted by atomic mass is 19.4. The molecule has 0 aliphatic carbocycles. The van der Waals surface area contributed by atoms with Gasteiger partial charge in [0.2, 0.25) is 0 Å². The number of nitrogens with zero attached hydrogens (tertiary/aromatic N) is 5. The summed E-state index contributed by atoms with van der Waals surface area (Å²) in [6.45, 7) is 2.10. The Balaban J connectivity index is 1.17. The number of phenolic OH excluding ortho intramolecular Hbond substituents is 1. The van der Waals surface area contributed by atoms with Crippen LogP contribution < -0.4 is 15.0 Å². The number of aromatic hydroxyl groups is 1. The zero-order chi connectivity index (χ0) is 34.4. The van der Waals surface area contributed by atoms with Crippen LogP contribution in [-0.2, 0) is 18.3 Å². The van der Waals surface area contributed by atoms with E-state index in [1.807, 2.05) is 4.90 Å². The summed E-state index contributed by atoms with van der Waals surface area (Å²) in [6.07, 6.45) is 6.34. The molecular formula is C38H32F4N6O2. The fraction of sp³-hybridized carbons (Fsp3) is 0.342. The third-order valence-electron chi connectivity index (χ3n) is 10.9. The molecule has 8 nitrogen and oxygen atoms in total. The molecule has 4 aliphatic heterocycles. The predicted molar refractivity (Wildman–Crippen MR) is 180 cm³/mol. The highest BCUT2D eigenvalue weighted by Crippen LogP contribution is 2.50. The number of piperazine rings is 1. The molecule has 3 saturated heterocycles. The number of benzene rings is 3. The number of hydrogen-bond acceptors (Lipinski definition) is 8. The van der Waals surface area contributed by atoms with Gasteiger partial charge in [-0.3, -0.25) is 9.88 Å². The average molecular weight is 681 g/mol. The normalized spacial score (nSPS) is 23.0. The first-order chi connectivity index (χ1) is 24.1. The van der Waals surface area contributed by atoms with Gasteiger partial charge in [-0.25, -0.2) is 4.39 Å². The van der Waals surface area contributed by atoms with Gasteiger partial charge in [0.05, 0.1) is 16.5 Å². The van der Waals surface area contributed by atoms with Gasteiger partial charge in [-0.15, -0.1) is 6.42 Å². The van der Waals surface area contributed by atoms with Crippen molar-refractivity contribution in [3.05, 3.63) is 82.8 Å². The Morgan fingerprint density at radius 3 is 2.66 bits per heavy atom. The number of ether oxygens (including phenoxy) is 1. The quantitative estimate of drug-likeness (QED) is 0.161. The lowest BCUT2D eigenvalue weighted by atomic mass is 9.87. The molecule has 2 N–H and O–H groups in total. The zero-order valence-electron chi connectivity index (χ0n) is 26.9. The van der Waals surface area contributed by atoms with Gasteiger partial charge in [-0.1, -0.05) is 30.2 Å². The predicted octanol–water partition coefficient (Wildman–Crippen LogP) is 6.51. The monoisotopic (exact) mass is 680 g/mol. The van der Waals surface area contributed by atoms with E-state index < -0.39 is 23.1 Å². The molecule has 6 heterocycles. The van der Waals surface area contributed by atoms with E-state index in [4.69, 9.17) is 16.1 Å². The summed E-state index contributed by atoms with van der Waals surface area (Å²) < 4.78 is 65.4. The van der Waals surface area contributed by atoms with Gasteiger partial charge in [-0.05, 0) is 73.0 Å². The van der Waals surface area contributed by atoms with Crippen molar-refractivity contribution < 1.29 is 27.4 Å². The third kappa shape index (κ3) is 4.78. The van der Waals surface area contributed by atoms with E-state index in [1.165, 1.54) is 12.1 Å². The van der Waals surface area contributed by atoms with Gasteiger partial charge >= 0.3 is 12.2 Å². The summed E-state index contributed by atoms with van der Waals surface area (Å²) in [7, 11) is 0. The van der Waals surface area contributed by atoms with E-state index in [0.717, 1.165) is 25.3 Å². The highest BCUT2D eigenvalue weighted by molar-refractivity contribution is 6.02. The van der Waals surface area contributed by atoms with Crippen LogP contribution in [0.1, 0.15) is 47.9 Å². The molecule has 2 aromatic heterocycles. The number of terminal acetylenes is 1. The van der Waals surface area contributed by atoms with Crippen LogP contribution in [0.4, 0.5) is 23.4 Å². The van der Waals surface area contributed by atoms with E-state index in [0.29, 0.717) is 64.7 Å².